The number of rotatable bonds is 4. The number of carbonyl (C=O) groups excluding carboxylic acids is 1. The summed E-state index contributed by atoms with van der Waals surface area (Å²) < 4.78 is 1.63. The normalized spacial score (nSPS) is 10.9. The van der Waals surface area contributed by atoms with Crippen molar-refractivity contribution in [3.63, 3.8) is 0 Å². The minimum Gasteiger partial charge on any atom is -0.337 e. The lowest BCUT2D eigenvalue weighted by molar-refractivity contribution is 0.0782. The number of hydrogen-bond donors (Lipinski definition) is 0. The number of aryl methyl sites for hydroxylation is 2. The molecule has 0 N–H and O–H groups in total. The maximum atomic E-state index is 13.0. The molecule has 134 valence electrons. The van der Waals surface area contributed by atoms with Crippen molar-refractivity contribution in [2.24, 2.45) is 0 Å². The first-order valence-electron chi connectivity index (χ1n) is 8.73. The molecule has 0 aliphatic heterocycles. The zero-order valence-corrected chi connectivity index (χ0v) is 15.6. The summed E-state index contributed by atoms with van der Waals surface area (Å²) >= 11 is 0. The molecular weight excluding hydrogens is 326 g/mol. The third-order valence-corrected chi connectivity index (χ3v) is 4.72. The van der Waals surface area contributed by atoms with Gasteiger partial charge in [-0.15, -0.1) is 0 Å². The summed E-state index contributed by atoms with van der Waals surface area (Å²) in [6.07, 6.45) is 1.75. The van der Waals surface area contributed by atoms with Gasteiger partial charge in [0.1, 0.15) is 5.56 Å². The molecule has 0 aliphatic carbocycles. The molecule has 0 spiro atoms. The van der Waals surface area contributed by atoms with Crippen molar-refractivity contribution in [2.45, 2.75) is 33.9 Å². The van der Waals surface area contributed by atoms with E-state index in [1.807, 2.05) is 57.2 Å². The molecule has 0 atom stereocenters. The van der Waals surface area contributed by atoms with Crippen LogP contribution in [0.1, 0.15) is 34.1 Å². The molecule has 5 nitrogen and oxygen atoms in total. The Hall–Kier alpha value is -2.95. The Bertz CT molecular complexity index is 1030. The van der Waals surface area contributed by atoms with Crippen LogP contribution in [0.5, 0.6) is 0 Å². The third-order valence-electron chi connectivity index (χ3n) is 4.72. The van der Waals surface area contributed by atoms with Gasteiger partial charge < -0.3 is 9.47 Å². The van der Waals surface area contributed by atoms with Crippen molar-refractivity contribution < 1.29 is 4.79 Å². The van der Waals surface area contributed by atoms with E-state index in [1.165, 1.54) is 0 Å². The van der Waals surface area contributed by atoms with E-state index in [1.54, 1.807) is 22.7 Å². The highest BCUT2D eigenvalue weighted by atomic mass is 16.2. The second-order valence-corrected chi connectivity index (χ2v) is 6.54. The van der Waals surface area contributed by atoms with E-state index in [9.17, 15) is 9.59 Å². The van der Waals surface area contributed by atoms with Crippen LogP contribution in [0.4, 0.5) is 0 Å². The fraction of sp³-hybridized carbons (Fsp3) is 0.286. The maximum Gasteiger partial charge on any atom is 0.263 e. The number of fused-ring (bicyclic) bond motifs is 1. The predicted octanol–water partition coefficient (Wildman–Crippen LogP) is 3.31. The minimum absolute atomic E-state index is 0.221. The highest BCUT2D eigenvalue weighted by Gasteiger charge is 2.21. The van der Waals surface area contributed by atoms with Gasteiger partial charge in [-0.1, -0.05) is 18.2 Å². The Morgan fingerprint density at radius 2 is 1.96 bits per heavy atom. The smallest absolute Gasteiger partial charge is 0.263 e. The van der Waals surface area contributed by atoms with E-state index in [0.717, 1.165) is 22.2 Å². The average molecular weight is 349 g/mol. The van der Waals surface area contributed by atoms with Gasteiger partial charge in [0.05, 0.1) is 5.52 Å². The molecular formula is C21H23N3O2. The Morgan fingerprint density at radius 1 is 1.19 bits per heavy atom. The number of carbonyl (C=O) groups is 1. The van der Waals surface area contributed by atoms with Crippen LogP contribution < -0.4 is 5.56 Å². The molecule has 0 fully saturated rings. The van der Waals surface area contributed by atoms with Crippen molar-refractivity contribution in [3.8, 4) is 0 Å². The van der Waals surface area contributed by atoms with Crippen LogP contribution in [0, 0.1) is 13.8 Å². The van der Waals surface area contributed by atoms with E-state index in [-0.39, 0.29) is 17.0 Å². The highest BCUT2D eigenvalue weighted by molar-refractivity contribution is 5.95. The Balaban J connectivity index is 1.97. The number of benzene rings is 1. The molecule has 0 saturated carbocycles. The van der Waals surface area contributed by atoms with Gasteiger partial charge in [-0.05, 0) is 50.1 Å². The standard InChI is InChI=1S/C21H23N3O2/c1-5-24-15(3)12-14(2)19(21(24)26)20(25)23(4)13-16-8-6-10-18-17(16)9-7-11-22-18/h6-12H,5,13H2,1-4H3. The molecule has 3 aromatic rings. The van der Waals surface area contributed by atoms with E-state index < -0.39 is 0 Å². The van der Waals surface area contributed by atoms with E-state index in [2.05, 4.69) is 4.98 Å². The SMILES string of the molecule is CCn1c(C)cc(C)c(C(=O)N(C)Cc2cccc3ncccc23)c1=O. The zero-order valence-electron chi connectivity index (χ0n) is 15.6. The lowest BCUT2D eigenvalue weighted by Gasteiger charge is -2.20. The molecule has 0 radical (unpaired) electrons. The van der Waals surface area contributed by atoms with Crippen molar-refractivity contribution in [1.82, 2.24) is 14.5 Å². The fourth-order valence-corrected chi connectivity index (χ4v) is 3.40. The average Bonchev–Trinajstić information content (AvgIpc) is 2.62. The van der Waals surface area contributed by atoms with Crippen LogP contribution in [0.3, 0.4) is 0 Å². The van der Waals surface area contributed by atoms with Crippen LogP contribution in [0.25, 0.3) is 10.9 Å². The molecule has 0 aliphatic rings. The largest absolute Gasteiger partial charge is 0.337 e. The number of pyridine rings is 2. The minimum atomic E-state index is -0.254. The summed E-state index contributed by atoms with van der Waals surface area (Å²) in [6.45, 7) is 6.58. The summed E-state index contributed by atoms with van der Waals surface area (Å²) in [5.74, 6) is -0.254. The Kier molecular flexibility index (Phi) is 4.89. The molecule has 0 saturated heterocycles. The van der Waals surface area contributed by atoms with Crippen LogP contribution in [-0.4, -0.2) is 27.4 Å². The quantitative estimate of drug-likeness (QED) is 0.726. The van der Waals surface area contributed by atoms with Crippen molar-refractivity contribution in [3.05, 3.63) is 75.3 Å². The zero-order chi connectivity index (χ0) is 18.8. The van der Waals surface area contributed by atoms with Gasteiger partial charge in [-0.2, -0.15) is 0 Å². The summed E-state index contributed by atoms with van der Waals surface area (Å²) in [7, 11) is 1.73. The summed E-state index contributed by atoms with van der Waals surface area (Å²) in [6, 6.07) is 11.7. The van der Waals surface area contributed by atoms with Gasteiger partial charge in [-0.25, -0.2) is 0 Å². The van der Waals surface area contributed by atoms with Crippen LogP contribution in [0.2, 0.25) is 0 Å². The number of amides is 1. The first-order valence-corrected chi connectivity index (χ1v) is 8.73. The second kappa shape index (κ2) is 7.12. The fourth-order valence-electron chi connectivity index (χ4n) is 3.40. The second-order valence-electron chi connectivity index (χ2n) is 6.54. The molecule has 3 rings (SSSR count). The first kappa shape index (κ1) is 17.9. The van der Waals surface area contributed by atoms with Gasteiger partial charge in [0, 0.05) is 37.4 Å². The molecule has 26 heavy (non-hydrogen) atoms. The molecule has 5 heteroatoms. The van der Waals surface area contributed by atoms with Crippen LogP contribution in [-0.2, 0) is 13.1 Å². The van der Waals surface area contributed by atoms with Crippen molar-refractivity contribution in [2.75, 3.05) is 7.05 Å². The van der Waals surface area contributed by atoms with Gasteiger partial charge in [0.2, 0.25) is 0 Å². The maximum absolute atomic E-state index is 13.0. The van der Waals surface area contributed by atoms with Gasteiger partial charge in [-0.3, -0.25) is 14.6 Å². The Morgan fingerprint density at radius 3 is 2.69 bits per heavy atom. The number of nitrogens with zero attached hydrogens (tertiary/aromatic N) is 3. The van der Waals surface area contributed by atoms with Crippen molar-refractivity contribution in [1.29, 1.82) is 0 Å². The highest BCUT2D eigenvalue weighted by Crippen LogP contribution is 2.19. The monoisotopic (exact) mass is 349 g/mol. The third kappa shape index (κ3) is 3.12. The number of hydrogen-bond acceptors (Lipinski definition) is 3. The van der Waals surface area contributed by atoms with E-state index in [0.29, 0.717) is 18.7 Å². The first-order chi connectivity index (χ1) is 12.4. The van der Waals surface area contributed by atoms with E-state index in [4.69, 9.17) is 0 Å². The van der Waals surface area contributed by atoms with Crippen molar-refractivity contribution >= 4 is 16.8 Å². The van der Waals surface area contributed by atoms with Gasteiger partial charge >= 0.3 is 0 Å². The Labute approximate surface area is 152 Å². The van der Waals surface area contributed by atoms with Crippen LogP contribution in [0.15, 0.2) is 47.4 Å². The summed E-state index contributed by atoms with van der Waals surface area (Å²) in [5, 5.41) is 1.02. The lowest BCUT2D eigenvalue weighted by Crippen LogP contribution is -2.35. The molecule has 1 aromatic carbocycles. The van der Waals surface area contributed by atoms with Crippen LogP contribution >= 0.6 is 0 Å². The summed E-state index contributed by atoms with van der Waals surface area (Å²) in [4.78, 5) is 31.7. The molecule has 0 unspecified atom stereocenters. The molecule has 1 amide bonds. The topological polar surface area (TPSA) is 55.2 Å². The van der Waals surface area contributed by atoms with Gasteiger partial charge in [0.15, 0.2) is 0 Å². The number of aromatic nitrogens is 2. The predicted molar refractivity (Wildman–Crippen MR) is 103 cm³/mol. The molecule has 2 aromatic heterocycles. The molecule has 2 heterocycles. The lowest BCUT2D eigenvalue weighted by atomic mass is 10.1. The van der Waals surface area contributed by atoms with E-state index >= 15 is 0 Å². The van der Waals surface area contributed by atoms with Gasteiger partial charge in [0.25, 0.3) is 11.5 Å². The summed E-state index contributed by atoms with van der Waals surface area (Å²) in [5.41, 5.74) is 3.51. The molecule has 0 bridgehead atoms.